The van der Waals surface area contributed by atoms with Crippen LogP contribution in [-0.2, 0) is 18.4 Å². The lowest BCUT2D eigenvalue weighted by molar-refractivity contribution is 0.590. The number of nitrogens with zero attached hydrogens (tertiary/aromatic N) is 2. The van der Waals surface area contributed by atoms with Gasteiger partial charge in [-0.3, -0.25) is 0 Å². The van der Waals surface area contributed by atoms with E-state index in [2.05, 4.69) is 54.6 Å². The molecule has 1 heterocycles. The van der Waals surface area contributed by atoms with Crippen molar-refractivity contribution < 1.29 is 0 Å². The minimum atomic E-state index is 0.205. The van der Waals surface area contributed by atoms with Gasteiger partial charge in [-0.15, -0.1) is 0 Å². The zero-order chi connectivity index (χ0) is 13.9. The number of hydrogen-bond acceptors (Lipinski definition) is 2. The quantitative estimate of drug-likeness (QED) is 0.915. The van der Waals surface area contributed by atoms with Crippen LogP contribution in [0, 0.1) is 0 Å². The zero-order valence-corrected chi connectivity index (χ0v) is 12.1. The predicted octanol–water partition coefficient (Wildman–Crippen LogP) is 2.73. The molecular formula is C16H23N3. The first-order valence-corrected chi connectivity index (χ1v) is 6.80. The first-order chi connectivity index (χ1) is 9.00. The Morgan fingerprint density at radius 1 is 1.16 bits per heavy atom. The molecule has 2 rings (SSSR count). The molecule has 3 nitrogen and oxygen atoms in total. The minimum absolute atomic E-state index is 0.205. The maximum absolute atomic E-state index is 5.60. The van der Waals surface area contributed by atoms with Crippen molar-refractivity contribution >= 4 is 0 Å². The van der Waals surface area contributed by atoms with Crippen LogP contribution in [0.25, 0.3) is 0 Å². The molecule has 1 aromatic carbocycles. The van der Waals surface area contributed by atoms with Crippen LogP contribution >= 0.6 is 0 Å². The molecule has 0 aliphatic carbocycles. The Hall–Kier alpha value is -1.61. The Balaban J connectivity index is 2.13. The first-order valence-electron chi connectivity index (χ1n) is 6.80. The summed E-state index contributed by atoms with van der Waals surface area (Å²) in [5.74, 6) is 1.08. The highest BCUT2D eigenvalue weighted by molar-refractivity contribution is 5.29. The third kappa shape index (κ3) is 3.44. The largest absolute Gasteiger partial charge is 0.333 e. The standard InChI is InChI=1S/C16H23N3/c1-16(2,3)14-6-4-13(5-7-14)12-15-18-9-11-19(15)10-8-17/h4-7,9,11H,8,10,12,17H2,1-3H3. The molecule has 0 aliphatic heterocycles. The van der Waals surface area contributed by atoms with Gasteiger partial charge in [0.05, 0.1) is 0 Å². The number of rotatable bonds is 4. The van der Waals surface area contributed by atoms with Crippen LogP contribution in [0.1, 0.15) is 37.7 Å². The van der Waals surface area contributed by atoms with Crippen molar-refractivity contribution in [2.75, 3.05) is 6.54 Å². The molecule has 102 valence electrons. The second-order valence-corrected chi connectivity index (χ2v) is 5.95. The second kappa shape index (κ2) is 5.57. The van der Waals surface area contributed by atoms with Crippen LogP contribution in [0.4, 0.5) is 0 Å². The van der Waals surface area contributed by atoms with Gasteiger partial charge in [-0.2, -0.15) is 0 Å². The van der Waals surface area contributed by atoms with E-state index in [1.54, 1.807) is 0 Å². The van der Waals surface area contributed by atoms with Gasteiger partial charge in [-0.1, -0.05) is 45.0 Å². The third-order valence-electron chi connectivity index (χ3n) is 3.35. The fraction of sp³-hybridized carbons (Fsp3) is 0.438. The molecule has 0 fully saturated rings. The summed E-state index contributed by atoms with van der Waals surface area (Å²) in [4.78, 5) is 4.41. The van der Waals surface area contributed by atoms with Gasteiger partial charge in [0.15, 0.2) is 0 Å². The van der Waals surface area contributed by atoms with Gasteiger partial charge in [-0.25, -0.2) is 4.98 Å². The molecule has 0 amide bonds. The van der Waals surface area contributed by atoms with Crippen LogP contribution in [-0.4, -0.2) is 16.1 Å². The summed E-state index contributed by atoms with van der Waals surface area (Å²) in [6.45, 7) is 8.17. The van der Waals surface area contributed by atoms with Crippen LogP contribution in [0.15, 0.2) is 36.7 Å². The highest BCUT2D eigenvalue weighted by Crippen LogP contribution is 2.22. The summed E-state index contributed by atoms with van der Waals surface area (Å²) in [5.41, 5.74) is 8.46. The zero-order valence-electron chi connectivity index (χ0n) is 12.1. The summed E-state index contributed by atoms with van der Waals surface area (Å²) >= 11 is 0. The van der Waals surface area contributed by atoms with Crippen molar-refractivity contribution in [2.45, 2.75) is 39.2 Å². The van der Waals surface area contributed by atoms with Crippen molar-refractivity contribution in [1.82, 2.24) is 9.55 Å². The molecular weight excluding hydrogens is 234 g/mol. The summed E-state index contributed by atoms with van der Waals surface area (Å²) in [5, 5.41) is 0. The summed E-state index contributed by atoms with van der Waals surface area (Å²) in [7, 11) is 0. The lowest BCUT2D eigenvalue weighted by Gasteiger charge is -2.19. The monoisotopic (exact) mass is 257 g/mol. The van der Waals surface area contributed by atoms with E-state index >= 15 is 0 Å². The van der Waals surface area contributed by atoms with E-state index < -0.39 is 0 Å². The number of nitrogens with two attached hydrogens (primary N) is 1. The molecule has 0 atom stereocenters. The van der Waals surface area contributed by atoms with Crippen molar-refractivity contribution in [3.8, 4) is 0 Å². The van der Waals surface area contributed by atoms with Gasteiger partial charge in [-0.05, 0) is 16.5 Å². The molecule has 2 aromatic rings. The minimum Gasteiger partial charge on any atom is -0.333 e. The molecule has 0 aliphatic rings. The average molecular weight is 257 g/mol. The SMILES string of the molecule is CC(C)(C)c1ccc(Cc2nccn2CCN)cc1. The molecule has 0 unspecified atom stereocenters. The fourth-order valence-corrected chi connectivity index (χ4v) is 2.16. The van der Waals surface area contributed by atoms with Crippen molar-refractivity contribution in [1.29, 1.82) is 0 Å². The fourth-order valence-electron chi connectivity index (χ4n) is 2.16. The lowest BCUT2D eigenvalue weighted by Crippen LogP contribution is -2.13. The molecule has 3 heteroatoms. The molecule has 0 radical (unpaired) electrons. The normalized spacial score (nSPS) is 11.8. The van der Waals surface area contributed by atoms with Gasteiger partial charge in [0.25, 0.3) is 0 Å². The maximum atomic E-state index is 5.60. The van der Waals surface area contributed by atoms with Gasteiger partial charge < -0.3 is 10.3 Å². The highest BCUT2D eigenvalue weighted by Gasteiger charge is 2.13. The first kappa shape index (κ1) is 13.8. The Kier molecular flexibility index (Phi) is 4.05. The van der Waals surface area contributed by atoms with Gasteiger partial charge in [0, 0.05) is 31.9 Å². The maximum Gasteiger partial charge on any atom is 0.113 e. The van der Waals surface area contributed by atoms with Crippen molar-refractivity contribution in [3.05, 3.63) is 53.6 Å². The summed E-state index contributed by atoms with van der Waals surface area (Å²) in [6.07, 6.45) is 4.69. The van der Waals surface area contributed by atoms with Crippen LogP contribution < -0.4 is 5.73 Å². The Morgan fingerprint density at radius 2 is 1.84 bits per heavy atom. The number of hydrogen-bond donors (Lipinski definition) is 1. The molecule has 2 N–H and O–H groups in total. The van der Waals surface area contributed by atoms with Crippen LogP contribution in [0.2, 0.25) is 0 Å². The Labute approximate surface area is 115 Å². The predicted molar refractivity (Wildman–Crippen MR) is 79.2 cm³/mol. The molecule has 19 heavy (non-hydrogen) atoms. The van der Waals surface area contributed by atoms with Crippen LogP contribution in [0.3, 0.4) is 0 Å². The molecule has 0 saturated carbocycles. The topological polar surface area (TPSA) is 43.8 Å². The lowest BCUT2D eigenvalue weighted by atomic mass is 9.86. The van der Waals surface area contributed by atoms with E-state index in [0.29, 0.717) is 6.54 Å². The second-order valence-electron chi connectivity index (χ2n) is 5.95. The summed E-state index contributed by atoms with van der Waals surface area (Å²) in [6, 6.07) is 8.82. The number of imidazole rings is 1. The van der Waals surface area contributed by atoms with Gasteiger partial charge in [0.1, 0.15) is 5.82 Å². The van der Waals surface area contributed by atoms with E-state index in [0.717, 1.165) is 18.8 Å². The van der Waals surface area contributed by atoms with E-state index in [9.17, 15) is 0 Å². The van der Waals surface area contributed by atoms with Crippen LogP contribution in [0.5, 0.6) is 0 Å². The Bertz CT molecular complexity index is 518. The van der Waals surface area contributed by atoms with E-state index in [4.69, 9.17) is 5.73 Å². The van der Waals surface area contributed by atoms with E-state index in [1.165, 1.54) is 11.1 Å². The summed E-state index contributed by atoms with van der Waals surface area (Å²) < 4.78 is 2.12. The molecule has 0 saturated heterocycles. The van der Waals surface area contributed by atoms with Crippen molar-refractivity contribution in [2.24, 2.45) is 5.73 Å². The molecule has 0 spiro atoms. The van der Waals surface area contributed by atoms with E-state index in [1.807, 2.05) is 12.4 Å². The van der Waals surface area contributed by atoms with E-state index in [-0.39, 0.29) is 5.41 Å². The smallest absolute Gasteiger partial charge is 0.113 e. The number of benzene rings is 1. The van der Waals surface area contributed by atoms with Gasteiger partial charge in [0.2, 0.25) is 0 Å². The average Bonchev–Trinajstić information content (AvgIpc) is 2.77. The molecule has 1 aromatic heterocycles. The highest BCUT2D eigenvalue weighted by atomic mass is 15.1. The van der Waals surface area contributed by atoms with Crippen molar-refractivity contribution in [3.63, 3.8) is 0 Å². The number of aromatic nitrogens is 2. The third-order valence-corrected chi connectivity index (χ3v) is 3.35. The molecule has 0 bridgehead atoms. The Morgan fingerprint density at radius 3 is 2.42 bits per heavy atom. The van der Waals surface area contributed by atoms with Gasteiger partial charge >= 0.3 is 0 Å².